The summed E-state index contributed by atoms with van der Waals surface area (Å²) >= 11 is 0. The van der Waals surface area contributed by atoms with E-state index in [1.54, 1.807) is 13.2 Å². The first-order valence-corrected chi connectivity index (χ1v) is 5.53. The Bertz CT molecular complexity index is 385. The molecule has 1 atom stereocenters. The zero-order valence-corrected chi connectivity index (χ0v) is 9.58. The molecular weight excluding hydrogens is 228 g/mol. The van der Waals surface area contributed by atoms with E-state index in [0.29, 0.717) is 18.8 Å². The summed E-state index contributed by atoms with van der Waals surface area (Å²) < 4.78 is 35.0. The van der Waals surface area contributed by atoms with Gasteiger partial charge in [-0.1, -0.05) is 0 Å². The second-order valence-electron chi connectivity index (χ2n) is 3.89. The van der Waals surface area contributed by atoms with Crippen molar-refractivity contribution in [1.82, 2.24) is 5.32 Å². The van der Waals surface area contributed by atoms with Gasteiger partial charge in [-0.25, -0.2) is 8.78 Å². The Morgan fingerprint density at radius 1 is 1.53 bits per heavy atom. The highest BCUT2D eigenvalue weighted by molar-refractivity contribution is 5.43. The number of ether oxygens (including phenoxy) is 2. The molecule has 1 aliphatic rings. The molecule has 1 heterocycles. The van der Waals surface area contributed by atoms with Gasteiger partial charge in [-0.15, -0.1) is 0 Å². The minimum Gasteiger partial charge on any atom is -0.497 e. The molecule has 0 bridgehead atoms. The van der Waals surface area contributed by atoms with Crippen molar-refractivity contribution < 1.29 is 18.3 Å². The van der Waals surface area contributed by atoms with Crippen molar-refractivity contribution in [2.45, 2.75) is 18.9 Å². The van der Waals surface area contributed by atoms with Crippen molar-refractivity contribution in [2.75, 3.05) is 20.3 Å². The Morgan fingerprint density at radius 2 is 2.35 bits per heavy atom. The van der Waals surface area contributed by atoms with Gasteiger partial charge in [0.15, 0.2) is 0 Å². The van der Waals surface area contributed by atoms with E-state index < -0.39 is 6.43 Å². The lowest BCUT2D eigenvalue weighted by Gasteiger charge is -2.27. The van der Waals surface area contributed by atoms with Crippen molar-refractivity contribution in [2.24, 2.45) is 0 Å². The zero-order valence-electron chi connectivity index (χ0n) is 9.58. The second kappa shape index (κ2) is 5.31. The molecule has 2 rings (SSSR count). The summed E-state index contributed by atoms with van der Waals surface area (Å²) in [6.45, 7) is 0.238. The molecule has 0 aromatic heterocycles. The molecule has 0 amide bonds. The van der Waals surface area contributed by atoms with Crippen molar-refractivity contribution >= 4 is 0 Å². The van der Waals surface area contributed by atoms with Crippen molar-refractivity contribution in [1.29, 1.82) is 0 Å². The summed E-state index contributed by atoms with van der Waals surface area (Å²) in [6, 6.07) is 5.35. The molecule has 17 heavy (non-hydrogen) atoms. The first-order chi connectivity index (χ1) is 8.20. The summed E-state index contributed by atoms with van der Waals surface area (Å²) in [5, 5.41) is 2.84. The third-order valence-corrected chi connectivity index (χ3v) is 2.78. The molecule has 1 aromatic carbocycles. The molecule has 0 radical (unpaired) electrons. The normalized spacial score (nSPS) is 18.7. The number of alkyl halides is 2. The van der Waals surface area contributed by atoms with Gasteiger partial charge in [-0.3, -0.25) is 0 Å². The lowest BCUT2D eigenvalue weighted by molar-refractivity contribution is 0.136. The number of benzene rings is 1. The Kier molecular flexibility index (Phi) is 3.78. The average molecular weight is 243 g/mol. The minimum atomic E-state index is -2.34. The van der Waals surface area contributed by atoms with Gasteiger partial charge >= 0.3 is 0 Å². The van der Waals surface area contributed by atoms with Crippen molar-refractivity contribution in [3.63, 3.8) is 0 Å². The molecule has 3 nitrogen and oxygen atoms in total. The standard InChI is InChI=1S/C12H15F2NO2/c1-16-8-2-3-11-9(6-8)10(4-5-17-11)15-7-12(13)14/h2-3,6,10,12,15H,4-5,7H2,1H3. The molecule has 1 aliphatic heterocycles. The van der Waals surface area contributed by atoms with Crippen LogP contribution in [0, 0.1) is 0 Å². The molecule has 1 unspecified atom stereocenters. The van der Waals surface area contributed by atoms with Crippen LogP contribution in [0.1, 0.15) is 18.0 Å². The maximum absolute atomic E-state index is 12.2. The van der Waals surface area contributed by atoms with Crippen LogP contribution in [0.4, 0.5) is 8.78 Å². The summed E-state index contributed by atoms with van der Waals surface area (Å²) in [4.78, 5) is 0. The van der Waals surface area contributed by atoms with Gasteiger partial charge in [-0.2, -0.15) is 0 Å². The Balaban J connectivity index is 2.16. The molecule has 0 saturated heterocycles. The van der Waals surface area contributed by atoms with Gasteiger partial charge in [0.1, 0.15) is 11.5 Å². The van der Waals surface area contributed by atoms with Crippen LogP contribution >= 0.6 is 0 Å². The minimum absolute atomic E-state index is 0.0946. The third kappa shape index (κ3) is 2.85. The quantitative estimate of drug-likeness (QED) is 0.880. The van der Waals surface area contributed by atoms with Gasteiger partial charge in [0, 0.05) is 18.0 Å². The number of methoxy groups -OCH3 is 1. The maximum Gasteiger partial charge on any atom is 0.250 e. The lowest BCUT2D eigenvalue weighted by Crippen LogP contribution is -2.30. The van der Waals surface area contributed by atoms with Crippen LogP contribution in [0.2, 0.25) is 0 Å². The Labute approximate surface area is 98.7 Å². The van der Waals surface area contributed by atoms with E-state index in [-0.39, 0.29) is 12.6 Å². The second-order valence-corrected chi connectivity index (χ2v) is 3.89. The van der Waals surface area contributed by atoms with Crippen LogP contribution in [-0.4, -0.2) is 26.7 Å². The van der Waals surface area contributed by atoms with E-state index in [9.17, 15) is 8.78 Å². The van der Waals surface area contributed by atoms with Crippen LogP contribution in [0.3, 0.4) is 0 Å². The van der Waals surface area contributed by atoms with E-state index in [4.69, 9.17) is 9.47 Å². The van der Waals surface area contributed by atoms with Crippen LogP contribution in [0.5, 0.6) is 11.5 Å². The molecule has 0 saturated carbocycles. The predicted molar refractivity (Wildman–Crippen MR) is 59.9 cm³/mol. The molecule has 1 N–H and O–H groups in total. The highest BCUT2D eigenvalue weighted by atomic mass is 19.3. The molecule has 1 aromatic rings. The predicted octanol–water partition coefficient (Wildman–Crippen LogP) is 2.37. The van der Waals surface area contributed by atoms with Crippen molar-refractivity contribution in [3.05, 3.63) is 23.8 Å². The SMILES string of the molecule is COc1ccc2c(c1)C(NCC(F)F)CCO2. The fourth-order valence-corrected chi connectivity index (χ4v) is 1.94. The van der Waals surface area contributed by atoms with E-state index >= 15 is 0 Å². The van der Waals surface area contributed by atoms with Gasteiger partial charge in [-0.05, 0) is 18.2 Å². The topological polar surface area (TPSA) is 30.5 Å². The number of fused-ring (bicyclic) bond motifs is 1. The molecule has 5 heteroatoms. The molecule has 0 aliphatic carbocycles. The number of hydrogen-bond acceptors (Lipinski definition) is 3. The molecule has 0 fully saturated rings. The van der Waals surface area contributed by atoms with E-state index in [1.807, 2.05) is 12.1 Å². The van der Waals surface area contributed by atoms with E-state index in [1.165, 1.54) is 0 Å². The number of rotatable bonds is 4. The molecular formula is C12H15F2NO2. The van der Waals surface area contributed by atoms with Crippen LogP contribution < -0.4 is 14.8 Å². The Hall–Kier alpha value is -1.36. The number of hydrogen-bond donors (Lipinski definition) is 1. The monoisotopic (exact) mass is 243 g/mol. The summed E-state index contributed by atoms with van der Waals surface area (Å²) in [5.74, 6) is 1.45. The zero-order chi connectivity index (χ0) is 12.3. The number of halogens is 2. The third-order valence-electron chi connectivity index (χ3n) is 2.78. The maximum atomic E-state index is 12.2. The fourth-order valence-electron chi connectivity index (χ4n) is 1.94. The van der Waals surface area contributed by atoms with E-state index in [0.717, 1.165) is 11.3 Å². The number of nitrogens with one attached hydrogen (secondary N) is 1. The van der Waals surface area contributed by atoms with Gasteiger partial charge in [0.25, 0.3) is 6.43 Å². The van der Waals surface area contributed by atoms with Crippen LogP contribution in [0.25, 0.3) is 0 Å². The first kappa shape index (κ1) is 12.1. The largest absolute Gasteiger partial charge is 0.497 e. The Morgan fingerprint density at radius 3 is 3.06 bits per heavy atom. The lowest BCUT2D eigenvalue weighted by atomic mass is 10.0. The van der Waals surface area contributed by atoms with Crippen LogP contribution in [-0.2, 0) is 0 Å². The van der Waals surface area contributed by atoms with Gasteiger partial charge in [0.2, 0.25) is 0 Å². The van der Waals surface area contributed by atoms with E-state index in [2.05, 4.69) is 5.32 Å². The van der Waals surface area contributed by atoms with Crippen molar-refractivity contribution in [3.8, 4) is 11.5 Å². The first-order valence-electron chi connectivity index (χ1n) is 5.53. The summed E-state index contributed by atoms with van der Waals surface area (Å²) in [6.07, 6.45) is -1.65. The van der Waals surface area contributed by atoms with Gasteiger partial charge in [0.05, 0.1) is 20.3 Å². The molecule has 0 spiro atoms. The van der Waals surface area contributed by atoms with Crippen LogP contribution in [0.15, 0.2) is 18.2 Å². The summed E-state index contributed by atoms with van der Waals surface area (Å²) in [7, 11) is 1.58. The summed E-state index contributed by atoms with van der Waals surface area (Å²) in [5.41, 5.74) is 0.885. The highest BCUT2D eigenvalue weighted by Gasteiger charge is 2.22. The molecule has 94 valence electrons. The fraction of sp³-hybridized carbons (Fsp3) is 0.500. The van der Waals surface area contributed by atoms with Gasteiger partial charge < -0.3 is 14.8 Å². The highest BCUT2D eigenvalue weighted by Crippen LogP contribution is 2.34. The average Bonchev–Trinajstić information content (AvgIpc) is 2.35. The smallest absolute Gasteiger partial charge is 0.250 e.